The number of benzene rings is 3. The second-order valence-corrected chi connectivity index (χ2v) is 6.99. The lowest BCUT2D eigenvalue weighted by Crippen LogP contribution is -2.09. The second-order valence-electron chi connectivity index (χ2n) is 6.59. The third kappa shape index (κ3) is 4.16. The summed E-state index contributed by atoms with van der Waals surface area (Å²) in [5, 5.41) is 0.449. The highest BCUT2D eigenvalue weighted by atomic mass is 35.5. The molecule has 0 aromatic heterocycles. The average Bonchev–Trinajstić information content (AvgIpc) is 3.10. The van der Waals surface area contributed by atoms with Crippen LogP contribution in [0.5, 0.6) is 5.75 Å². The van der Waals surface area contributed by atoms with E-state index in [9.17, 15) is 9.59 Å². The molecule has 0 bridgehead atoms. The Morgan fingerprint density at radius 2 is 1.70 bits per heavy atom. The van der Waals surface area contributed by atoms with Crippen molar-refractivity contribution in [2.75, 3.05) is 0 Å². The lowest BCUT2D eigenvalue weighted by molar-refractivity contribution is -0.115. The number of aryl methyl sites for hydroxylation is 1. The molecule has 0 saturated heterocycles. The van der Waals surface area contributed by atoms with Gasteiger partial charge in [0.1, 0.15) is 5.75 Å². The maximum absolute atomic E-state index is 12.3. The fourth-order valence-electron chi connectivity index (χ4n) is 2.91. The highest BCUT2D eigenvalue weighted by molar-refractivity contribution is 6.34. The van der Waals surface area contributed by atoms with Crippen molar-refractivity contribution in [1.82, 2.24) is 0 Å². The number of hydrogen-bond acceptors (Lipinski definition) is 4. The van der Waals surface area contributed by atoms with Gasteiger partial charge in [-0.05, 0) is 54.5 Å². The van der Waals surface area contributed by atoms with Crippen LogP contribution in [0.3, 0.4) is 0 Å². The molecule has 6 heteroatoms. The Balaban J connectivity index is 1.47. The van der Waals surface area contributed by atoms with Crippen LogP contribution in [0, 0.1) is 6.92 Å². The molecule has 0 fully saturated rings. The number of carbonyl (C=O) groups is 2. The molecule has 0 saturated carbocycles. The number of rotatable bonds is 4. The second kappa shape index (κ2) is 8.35. The van der Waals surface area contributed by atoms with Gasteiger partial charge in [0.05, 0.1) is 16.1 Å². The molecule has 0 aliphatic carbocycles. The maximum Gasteiger partial charge on any atom is 0.343 e. The van der Waals surface area contributed by atoms with E-state index in [1.165, 1.54) is 0 Å². The molecule has 1 heterocycles. The van der Waals surface area contributed by atoms with E-state index in [1.807, 2.05) is 19.1 Å². The lowest BCUT2D eigenvalue weighted by Gasteiger charge is -2.07. The van der Waals surface area contributed by atoms with Gasteiger partial charge < -0.3 is 9.47 Å². The molecule has 1 aliphatic heterocycles. The molecule has 3 aromatic rings. The number of esters is 1. The van der Waals surface area contributed by atoms with Crippen molar-refractivity contribution in [1.29, 1.82) is 0 Å². The van der Waals surface area contributed by atoms with Crippen LogP contribution in [0.4, 0.5) is 0 Å². The minimum atomic E-state index is -0.486. The third-order valence-electron chi connectivity index (χ3n) is 4.48. The van der Waals surface area contributed by atoms with Crippen LogP contribution in [0.2, 0.25) is 5.02 Å². The molecule has 4 rings (SSSR count). The molecule has 1 amide bonds. The van der Waals surface area contributed by atoms with Gasteiger partial charge in [-0.2, -0.15) is 4.99 Å². The minimum absolute atomic E-state index is 0.0922. The van der Waals surface area contributed by atoms with Crippen molar-refractivity contribution >= 4 is 35.5 Å². The highest BCUT2D eigenvalue weighted by Crippen LogP contribution is 2.24. The predicted molar refractivity (Wildman–Crippen MR) is 115 cm³/mol. The Morgan fingerprint density at radius 3 is 2.43 bits per heavy atom. The van der Waals surface area contributed by atoms with Gasteiger partial charge in [0.25, 0.3) is 0 Å². The van der Waals surface area contributed by atoms with Crippen LogP contribution < -0.4 is 4.74 Å². The fraction of sp³-hybridized carbons (Fsp3) is 0.0417. The molecule has 0 spiro atoms. The summed E-state index contributed by atoms with van der Waals surface area (Å²) in [5.41, 5.74) is 2.60. The summed E-state index contributed by atoms with van der Waals surface area (Å²) in [4.78, 5) is 28.4. The van der Waals surface area contributed by atoms with Crippen molar-refractivity contribution in [3.63, 3.8) is 0 Å². The third-order valence-corrected chi connectivity index (χ3v) is 4.81. The number of halogens is 1. The first-order valence-electron chi connectivity index (χ1n) is 9.16. The van der Waals surface area contributed by atoms with Crippen LogP contribution in [0.15, 0.2) is 83.5 Å². The number of ether oxygens (including phenoxy) is 2. The fourth-order valence-corrected chi connectivity index (χ4v) is 3.12. The first kappa shape index (κ1) is 19.6. The molecule has 3 aromatic carbocycles. The van der Waals surface area contributed by atoms with Gasteiger partial charge in [-0.3, -0.25) is 4.79 Å². The summed E-state index contributed by atoms with van der Waals surface area (Å²) in [7, 11) is 0. The van der Waals surface area contributed by atoms with Crippen molar-refractivity contribution in [3.05, 3.63) is 106 Å². The zero-order valence-electron chi connectivity index (χ0n) is 16.0. The SMILES string of the molecule is Cc1ccccc1C(=O)Oc1ccc(/C=C2/OC(c3ccccc3Cl)=NC2=O)cc1. The molecular formula is C24H16ClNO4. The van der Waals surface area contributed by atoms with Crippen LogP contribution in [-0.2, 0) is 9.53 Å². The first-order valence-corrected chi connectivity index (χ1v) is 9.54. The van der Waals surface area contributed by atoms with Gasteiger partial charge >= 0.3 is 11.9 Å². The Kier molecular flexibility index (Phi) is 5.46. The maximum atomic E-state index is 12.3. The molecule has 5 nitrogen and oxygen atoms in total. The van der Waals surface area contributed by atoms with Gasteiger partial charge in [-0.25, -0.2) is 4.79 Å². The lowest BCUT2D eigenvalue weighted by atomic mass is 10.1. The molecule has 30 heavy (non-hydrogen) atoms. The molecule has 0 atom stereocenters. The largest absolute Gasteiger partial charge is 0.432 e. The predicted octanol–water partition coefficient (Wildman–Crippen LogP) is 5.21. The summed E-state index contributed by atoms with van der Waals surface area (Å²) in [6.07, 6.45) is 1.57. The van der Waals surface area contributed by atoms with Crippen molar-refractivity contribution in [2.45, 2.75) is 6.92 Å². The zero-order valence-corrected chi connectivity index (χ0v) is 16.7. The van der Waals surface area contributed by atoms with E-state index < -0.39 is 11.9 Å². The van der Waals surface area contributed by atoms with Crippen LogP contribution >= 0.6 is 11.6 Å². The summed E-state index contributed by atoms with van der Waals surface area (Å²) in [5.74, 6) is -0.251. The van der Waals surface area contributed by atoms with Gasteiger partial charge in [-0.15, -0.1) is 0 Å². The summed E-state index contributed by atoms with van der Waals surface area (Å²) in [6, 6.07) is 21.0. The van der Waals surface area contributed by atoms with Crippen LogP contribution in [-0.4, -0.2) is 17.8 Å². The number of carbonyl (C=O) groups excluding carboxylic acids is 2. The molecule has 148 valence electrons. The van der Waals surface area contributed by atoms with Crippen molar-refractivity contribution < 1.29 is 19.1 Å². The van der Waals surface area contributed by atoms with Gasteiger partial charge in [0, 0.05) is 0 Å². The van der Waals surface area contributed by atoms with Crippen molar-refractivity contribution in [2.24, 2.45) is 4.99 Å². The summed E-state index contributed by atoms with van der Waals surface area (Å²) >= 11 is 6.14. The van der Waals surface area contributed by atoms with E-state index in [2.05, 4.69) is 4.99 Å². The number of hydrogen-bond donors (Lipinski definition) is 0. The van der Waals surface area contributed by atoms with Gasteiger partial charge in [0.2, 0.25) is 5.90 Å². The van der Waals surface area contributed by atoms with E-state index in [0.29, 0.717) is 27.5 Å². The van der Waals surface area contributed by atoms with Crippen molar-refractivity contribution in [3.8, 4) is 5.75 Å². The van der Waals surface area contributed by atoms with E-state index in [0.717, 1.165) is 5.56 Å². The zero-order chi connectivity index (χ0) is 21.1. The summed E-state index contributed by atoms with van der Waals surface area (Å²) in [6.45, 7) is 1.85. The average molecular weight is 418 g/mol. The number of amides is 1. The molecule has 0 radical (unpaired) electrons. The summed E-state index contributed by atoms with van der Waals surface area (Å²) < 4.78 is 11.0. The first-order chi connectivity index (χ1) is 14.5. The molecular weight excluding hydrogens is 402 g/mol. The number of nitrogens with zero attached hydrogens (tertiary/aromatic N) is 1. The highest BCUT2D eigenvalue weighted by Gasteiger charge is 2.25. The van der Waals surface area contributed by atoms with Crippen LogP contribution in [0.1, 0.15) is 27.0 Å². The van der Waals surface area contributed by atoms with E-state index in [1.54, 1.807) is 66.7 Å². The monoisotopic (exact) mass is 417 g/mol. The number of aliphatic imine (C=N–C) groups is 1. The standard InChI is InChI=1S/C24H16ClNO4/c1-15-6-2-3-7-18(15)24(28)29-17-12-10-16(11-13-17)14-21-22(27)26-23(30-21)19-8-4-5-9-20(19)25/h2-14H,1H3/b21-14+. The minimum Gasteiger partial charge on any atom is -0.432 e. The normalized spacial score (nSPS) is 14.4. The Hall–Kier alpha value is -3.70. The molecule has 1 aliphatic rings. The molecule has 0 unspecified atom stereocenters. The Morgan fingerprint density at radius 1 is 1.00 bits per heavy atom. The van der Waals surface area contributed by atoms with Gasteiger partial charge in [0.15, 0.2) is 5.76 Å². The van der Waals surface area contributed by atoms with Crippen LogP contribution in [0.25, 0.3) is 6.08 Å². The smallest absolute Gasteiger partial charge is 0.343 e. The van der Waals surface area contributed by atoms with Gasteiger partial charge in [-0.1, -0.05) is 54.1 Å². The topological polar surface area (TPSA) is 65.0 Å². The van der Waals surface area contributed by atoms with E-state index in [-0.39, 0.29) is 11.7 Å². The van der Waals surface area contributed by atoms with E-state index >= 15 is 0 Å². The quantitative estimate of drug-likeness (QED) is 0.332. The Bertz CT molecular complexity index is 1200. The molecule has 0 N–H and O–H groups in total. The van der Waals surface area contributed by atoms with E-state index in [4.69, 9.17) is 21.1 Å². The Labute approximate surface area is 178 Å².